The summed E-state index contributed by atoms with van der Waals surface area (Å²) in [6.07, 6.45) is 0.916. The smallest absolute Gasteiger partial charge is 0.238 e. The molecule has 0 N–H and O–H groups in total. The van der Waals surface area contributed by atoms with Crippen molar-refractivity contribution in [1.82, 2.24) is 0 Å². The molecule has 1 aliphatic heterocycles. The maximum atomic E-state index is 13.0. The second-order valence-corrected chi connectivity index (χ2v) is 8.88. The van der Waals surface area contributed by atoms with Crippen molar-refractivity contribution >= 4 is 61.0 Å². The van der Waals surface area contributed by atoms with E-state index in [1.807, 2.05) is 0 Å². The number of carbonyl (C=O) groups is 2. The van der Waals surface area contributed by atoms with Gasteiger partial charge in [-0.1, -0.05) is 43.5 Å². The molecule has 0 spiro atoms. The Balaban J connectivity index is 1.78. The van der Waals surface area contributed by atoms with Gasteiger partial charge in [0.1, 0.15) is 5.75 Å². The van der Waals surface area contributed by atoms with E-state index < -0.39 is 0 Å². The van der Waals surface area contributed by atoms with Crippen molar-refractivity contribution in [3.05, 3.63) is 23.2 Å². The van der Waals surface area contributed by atoms with E-state index in [0.717, 1.165) is 6.42 Å². The minimum Gasteiger partial charge on any atom is -0.495 e. The number of fused-ring (bicyclic) bond motifs is 5. The van der Waals surface area contributed by atoms with E-state index in [1.54, 1.807) is 18.2 Å². The van der Waals surface area contributed by atoms with E-state index in [2.05, 4.69) is 31.9 Å². The summed E-state index contributed by atoms with van der Waals surface area (Å²) in [5.41, 5.74) is 0.445. The Hall–Kier alpha value is -0.590. The third-order valence-electron chi connectivity index (χ3n) is 5.37. The van der Waals surface area contributed by atoms with Crippen molar-refractivity contribution in [3.63, 3.8) is 0 Å². The fourth-order valence-corrected chi connectivity index (χ4v) is 6.46. The lowest BCUT2D eigenvalue weighted by Crippen LogP contribution is -2.37. The van der Waals surface area contributed by atoms with Crippen molar-refractivity contribution < 1.29 is 14.3 Å². The lowest BCUT2D eigenvalue weighted by atomic mass is 9.81. The van der Waals surface area contributed by atoms with Gasteiger partial charge < -0.3 is 4.74 Å². The maximum Gasteiger partial charge on any atom is 0.238 e. The van der Waals surface area contributed by atoms with Crippen molar-refractivity contribution in [2.75, 3.05) is 12.0 Å². The molecule has 1 heterocycles. The fourth-order valence-electron chi connectivity index (χ4n) is 4.42. The van der Waals surface area contributed by atoms with Crippen molar-refractivity contribution in [3.8, 4) is 5.75 Å². The highest BCUT2D eigenvalue weighted by atomic mass is 79.9. The summed E-state index contributed by atoms with van der Waals surface area (Å²) in [5, 5.41) is 0.471. The number of imide groups is 1. The molecule has 2 aliphatic carbocycles. The highest BCUT2D eigenvalue weighted by Gasteiger charge is 2.66. The topological polar surface area (TPSA) is 46.6 Å². The first-order valence-corrected chi connectivity index (χ1v) is 9.66. The quantitative estimate of drug-likeness (QED) is 0.497. The number of methoxy groups -OCH3 is 1. The van der Waals surface area contributed by atoms with E-state index in [0.29, 0.717) is 16.5 Å². The fraction of sp³-hybridized carbons (Fsp3) is 0.500. The molecular formula is C16H14Br2ClNO3. The molecule has 6 atom stereocenters. The van der Waals surface area contributed by atoms with Crippen LogP contribution in [0, 0.1) is 23.7 Å². The average molecular weight is 464 g/mol. The molecule has 0 unspecified atom stereocenters. The van der Waals surface area contributed by atoms with Crippen LogP contribution in [-0.2, 0) is 9.59 Å². The first kappa shape index (κ1) is 15.9. The van der Waals surface area contributed by atoms with Gasteiger partial charge in [-0.25, -0.2) is 4.90 Å². The summed E-state index contributed by atoms with van der Waals surface area (Å²) in [7, 11) is 1.52. The average Bonchev–Trinajstić information content (AvgIpc) is 3.12. The standard InChI is InChI=1S/C16H14Br2ClNO3/c1-23-10-3-2-6(19)4-9(10)20-15(21)11-7-5-8(12(11)16(20)22)14(18)13(7)17/h2-4,7-8,11-14H,5H2,1H3/t7-,8-,11-,12+,13-,14+/m0/s1. The molecule has 23 heavy (non-hydrogen) atoms. The highest BCUT2D eigenvalue weighted by Crippen LogP contribution is 2.60. The Morgan fingerprint density at radius 3 is 2.22 bits per heavy atom. The van der Waals surface area contributed by atoms with Crippen molar-refractivity contribution in [1.29, 1.82) is 0 Å². The molecule has 0 radical (unpaired) electrons. The SMILES string of the molecule is COc1ccc(Cl)cc1N1C(=O)[C@@H]2[C@@H]3C[C@H]([C@H](Br)[C@@H]3Br)[C@@H]2C1=O. The first-order chi connectivity index (χ1) is 11.0. The molecule has 0 aromatic heterocycles. The minimum atomic E-state index is -0.241. The van der Waals surface area contributed by atoms with Gasteiger partial charge in [0.05, 0.1) is 24.6 Å². The number of hydrogen-bond acceptors (Lipinski definition) is 3. The highest BCUT2D eigenvalue weighted by molar-refractivity contribution is 9.12. The number of rotatable bonds is 2. The summed E-state index contributed by atoms with van der Waals surface area (Å²) >= 11 is 13.4. The number of amides is 2. The zero-order valence-electron chi connectivity index (χ0n) is 12.2. The molecule has 1 saturated heterocycles. The Labute approximate surface area is 155 Å². The van der Waals surface area contributed by atoms with Crippen LogP contribution in [0.25, 0.3) is 0 Å². The molecule has 7 heteroatoms. The molecule has 3 fully saturated rings. The molecular weight excluding hydrogens is 449 g/mol. The number of benzene rings is 1. The Kier molecular flexibility index (Phi) is 3.78. The van der Waals surface area contributed by atoms with E-state index >= 15 is 0 Å². The molecule has 3 aliphatic rings. The van der Waals surface area contributed by atoms with Crippen molar-refractivity contribution in [2.45, 2.75) is 16.1 Å². The zero-order chi connectivity index (χ0) is 16.5. The normalized spacial score (nSPS) is 38.3. The summed E-state index contributed by atoms with van der Waals surface area (Å²) < 4.78 is 5.32. The van der Waals surface area contributed by atoms with Gasteiger partial charge in [-0.15, -0.1) is 0 Å². The molecule has 1 aromatic rings. The number of halogens is 3. The van der Waals surface area contributed by atoms with E-state index in [4.69, 9.17) is 16.3 Å². The second-order valence-electron chi connectivity index (χ2n) is 6.33. The molecule has 2 saturated carbocycles. The summed E-state index contributed by atoms with van der Waals surface area (Å²) in [5.74, 6) is 0.133. The van der Waals surface area contributed by atoms with Gasteiger partial charge in [0.15, 0.2) is 0 Å². The van der Waals surface area contributed by atoms with Gasteiger partial charge in [-0.05, 0) is 36.5 Å². The van der Waals surface area contributed by atoms with Crippen molar-refractivity contribution in [2.24, 2.45) is 23.7 Å². The van der Waals surface area contributed by atoms with Gasteiger partial charge in [-0.2, -0.15) is 0 Å². The number of carbonyl (C=O) groups excluding carboxylic acids is 2. The van der Waals surface area contributed by atoms with Crippen LogP contribution in [0.3, 0.4) is 0 Å². The number of anilines is 1. The maximum absolute atomic E-state index is 13.0. The summed E-state index contributed by atoms with van der Waals surface area (Å²) in [6, 6.07) is 4.99. The van der Waals surface area contributed by atoms with Crippen LogP contribution >= 0.6 is 43.5 Å². The first-order valence-electron chi connectivity index (χ1n) is 7.45. The largest absolute Gasteiger partial charge is 0.495 e. The Bertz CT molecular complexity index is 681. The predicted molar refractivity (Wildman–Crippen MR) is 94.5 cm³/mol. The Morgan fingerprint density at radius 2 is 1.70 bits per heavy atom. The third-order valence-corrected chi connectivity index (χ3v) is 8.81. The molecule has 2 bridgehead atoms. The van der Waals surface area contributed by atoms with E-state index in [1.165, 1.54) is 12.0 Å². The molecule has 122 valence electrons. The summed E-state index contributed by atoms with van der Waals surface area (Å²) in [4.78, 5) is 27.7. The minimum absolute atomic E-state index is 0.128. The number of hydrogen-bond donors (Lipinski definition) is 0. The lowest BCUT2D eigenvalue weighted by Gasteiger charge is -2.28. The molecule has 4 nitrogen and oxygen atoms in total. The van der Waals surface area contributed by atoms with Crippen LogP contribution in [0.2, 0.25) is 5.02 Å². The van der Waals surface area contributed by atoms with Crippen LogP contribution in [-0.4, -0.2) is 28.6 Å². The molecule has 1 aromatic carbocycles. The van der Waals surface area contributed by atoms with E-state index in [9.17, 15) is 9.59 Å². The van der Waals surface area contributed by atoms with Gasteiger partial charge in [0.2, 0.25) is 11.8 Å². The van der Waals surface area contributed by atoms with E-state index in [-0.39, 0.29) is 45.1 Å². The van der Waals surface area contributed by atoms with Gasteiger partial charge in [-0.3, -0.25) is 9.59 Å². The van der Waals surface area contributed by atoms with Gasteiger partial charge in [0, 0.05) is 14.7 Å². The number of ether oxygens (including phenoxy) is 1. The lowest BCUT2D eigenvalue weighted by molar-refractivity contribution is -0.123. The number of nitrogens with zero attached hydrogens (tertiary/aromatic N) is 1. The summed E-state index contributed by atoms with van der Waals surface area (Å²) in [6.45, 7) is 0. The van der Waals surface area contributed by atoms with Gasteiger partial charge >= 0.3 is 0 Å². The molecule has 4 rings (SSSR count). The van der Waals surface area contributed by atoms with Gasteiger partial charge in [0.25, 0.3) is 0 Å². The molecule has 2 amide bonds. The van der Waals surface area contributed by atoms with Crippen LogP contribution in [0.4, 0.5) is 5.69 Å². The second kappa shape index (κ2) is 5.46. The van der Waals surface area contributed by atoms with Crippen LogP contribution in [0.15, 0.2) is 18.2 Å². The Morgan fingerprint density at radius 1 is 1.13 bits per heavy atom. The zero-order valence-corrected chi connectivity index (χ0v) is 16.1. The van der Waals surface area contributed by atoms with Crippen LogP contribution in [0.1, 0.15) is 6.42 Å². The van der Waals surface area contributed by atoms with Crippen LogP contribution in [0.5, 0.6) is 5.75 Å². The predicted octanol–water partition coefficient (Wildman–Crippen LogP) is 3.63. The number of alkyl halides is 2. The third kappa shape index (κ3) is 2.07. The monoisotopic (exact) mass is 461 g/mol. The van der Waals surface area contributed by atoms with Crippen LogP contribution < -0.4 is 9.64 Å².